The fourth-order valence-electron chi connectivity index (χ4n) is 3.26. The van der Waals surface area contributed by atoms with E-state index < -0.39 is 0 Å². The molecule has 0 bridgehead atoms. The van der Waals surface area contributed by atoms with E-state index >= 15 is 0 Å². The monoisotopic (exact) mass is 333 g/mol. The first-order valence-corrected chi connectivity index (χ1v) is 8.29. The van der Waals surface area contributed by atoms with Gasteiger partial charge in [0.25, 0.3) is 5.91 Å². The Balaban J connectivity index is 1.90. The number of nitriles is 1. The van der Waals surface area contributed by atoms with Gasteiger partial charge in [0.2, 0.25) is 5.91 Å². The maximum atomic E-state index is 13.0. The Morgan fingerprint density at radius 3 is 2.24 bits per heavy atom. The summed E-state index contributed by atoms with van der Waals surface area (Å²) in [5.74, 6) is -0.527. The van der Waals surface area contributed by atoms with Crippen molar-refractivity contribution in [2.45, 2.75) is 12.8 Å². The lowest BCUT2D eigenvalue weighted by Gasteiger charge is -2.31. The van der Waals surface area contributed by atoms with Crippen molar-refractivity contribution >= 4 is 11.8 Å². The lowest BCUT2D eigenvalue weighted by molar-refractivity contribution is -0.123. The van der Waals surface area contributed by atoms with Crippen LogP contribution in [0.1, 0.15) is 28.8 Å². The molecule has 2 amide bonds. The molecule has 0 aliphatic carbocycles. The molecule has 1 aliphatic rings. The van der Waals surface area contributed by atoms with E-state index in [0.29, 0.717) is 37.1 Å². The van der Waals surface area contributed by atoms with Crippen LogP contribution in [-0.2, 0) is 4.79 Å². The van der Waals surface area contributed by atoms with Gasteiger partial charge in [-0.15, -0.1) is 0 Å². The average molecular weight is 333 g/mol. The molecule has 5 heteroatoms. The van der Waals surface area contributed by atoms with Crippen LogP contribution in [0.4, 0.5) is 0 Å². The first-order chi connectivity index (χ1) is 12.1. The zero-order valence-corrected chi connectivity index (χ0v) is 13.8. The molecule has 2 aromatic carbocycles. The number of rotatable bonds is 3. The number of hydrogen-bond acceptors (Lipinski definition) is 3. The lowest BCUT2D eigenvalue weighted by atomic mass is 9.93. The second-order valence-corrected chi connectivity index (χ2v) is 6.17. The summed E-state index contributed by atoms with van der Waals surface area (Å²) in [6, 6.07) is 16.8. The zero-order valence-electron chi connectivity index (χ0n) is 13.8. The molecule has 0 unspecified atom stereocenters. The van der Waals surface area contributed by atoms with Crippen molar-refractivity contribution in [1.82, 2.24) is 4.90 Å². The van der Waals surface area contributed by atoms with Crippen molar-refractivity contribution in [3.05, 3.63) is 59.7 Å². The van der Waals surface area contributed by atoms with Crippen molar-refractivity contribution in [3.63, 3.8) is 0 Å². The number of nitrogens with two attached hydrogens (primary N) is 1. The highest BCUT2D eigenvalue weighted by atomic mass is 16.2. The van der Waals surface area contributed by atoms with Crippen LogP contribution in [0.25, 0.3) is 11.1 Å². The van der Waals surface area contributed by atoms with Crippen molar-refractivity contribution in [3.8, 4) is 17.2 Å². The van der Waals surface area contributed by atoms with Gasteiger partial charge in [-0.05, 0) is 30.5 Å². The van der Waals surface area contributed by atoms with Gasteiger partial charge < -0.3 is 10.6 Å². The lowest BCUT2D eigenvalue weighted by Crippen LogP contribution is -2.41. The third-order valence-electron chi connectivity index (χ3n) is 4.68. The fourth-order valence-corrected chi connectivity index (χ4v) is 3.26. The largest absolute Gasteiger partial charge is 0.369 e. The minimum Gasteiger partial charge on any atom is -0.369 e. The molecule has 0 spiro atoms. The molecule has 0 aromatic heterocycles. The Kier molecular flexibility index (Phi) is 4.80. The van der Waals surface area contributed by atoms with Crippen LogP contribution >= 0.6 is 0 Å². The summed E-state index contributed by atoms with van der Waals surface area (Å²) in [7, 11) is 0. The highest BCUT2D eigenvalue weighted by molar-refractivity contribution is 6.01. The van der Waals surface area contributed by atoms with Crippen LogP contribution in [0, 0.1) is 17.2 Å². The first-order valence-electron chi connectivity index (χ1n) is 8.29. The third kappa shape index (κ3) is 3.38. The standard InChI is InChI=1S/C20H19N3O2/c21-13-15-5-1-2-6-16(15)17-7-3-4-8-18(17)20(25)23-11-9-14(10-12-23)19(22)24/h1-8,14H,9-12H2,(H2,22,24). The normalized spacial score (nSPS) is 14.8. The van der Waals surface area contributed by atoms with E-state index in [-0.39, 0.29) is 17.7 Å². The highest BCUT2D eigenvalue weighted by Gasteiger charge is 2.27. The molecule has 1 saturated heterocycles. The molecule has 3 rings (SSSR count). The third-order valence-corrected chi connectivity index (χ3v) is 4.68. The predicted molar refractivity (Wildman–Crippen MR) is 94.4 cm³/mol. The van der Waals surface area contributed by atoms with E-state index in [1.54, 1.807) is 23.1 Å². The van der Waals surface area contributed by atoms with Gasteiger partial charge in [0.1, 0.15) is 0 Å². The number of piperidine rings is 1. The van der Waals surface area contributed by atoms with Gasteiger partial charge in [-0.25, -0.2) is 0 Å². The molecule has 2 N–H and O–H groups in total. The van der Waals surface area contributed by atoms with Crippen LogP contribution in [0.2, 0.25) is 0 Å². The number of amides is 2. The molecule has 0 saturated carbocycles. The van der Waals surface area contributed by atoms with Crippen LogP contribution in [-0.4, -0.2) is 29.8 Å². The molecule has 1 heterocycles. The number of primary amides is 1. The Hall–Kier alpha value is -3.13. The number of nitrogens with zero attached hydrogens (tertiary/aromatic N) is 2. The van der Waals surface area contributed by atoms with Crippen molar-refractivity contribution in [1.29, 1.82) is 5.26 Å². The summed E-state index contributed by atoms with van der Waals surface area (Å²) < 4.78 is 0. The van der Waals surface area contributed by atoms with Gasteiger partial charge in [0, 0.05) is 30.1 Å². The van der Waals surface area contributed by atoms with Crippen LogP contribution < -0.4 is 5.73 Å². The van der Waals surface area contributed by atoms with Gasteiger partial charge in [-0.2, -0.15) is 5.26 Å². The smallest absolute Gasteiger partial charge is 0.254 e. The Morgan fingerprint density at radius 2 is 1.60 bits per heavy atom. The van der Waals surface area contributed by atoms with Crippen molar-refractivity contribution in [2.75, 3.05) is 13.1 Å². The molecular weight excluding hydrogens is 314 g/mol. The number of carbonyl (C=O) groups excluding carboxylic acids is 2. The number of carbonyl (C=O) groups is 2. The number of hydrogen-bond donors (Lipinski definition) is 1. The van der Waals surface area contributed by atoms with Gasteiger partial charge in [0.15, 0.2) is 0 Å². The number of likely N-dealkylation sites (tertiary alicyclic amines) is 1. The van der Waals surface area contributed by atoms with Crippen LogP contribution in [0.3, 0.4) is 0 Å². The van der Waals surface area contributed by atoms with Crippen molar-refractivity contribution in [2.24, 2.45) is 11.7 Å². The van der Waals surface area contributed by atoms with E-state index in [9.17, 15) is 14.9 Å². The topological polar surface area (TPSA) is 87.2 Å². The van der Waals surface area contributed by atoms with Gasteiger partial charge in [0.05, 0.1) is 11.6 Å². The Labute approximate surface area is 146 Å². The molecule has 25 heavy (non-hydrogen) atoms. The summed E-state index contributed by atoms with van der Waals surface area (Å²) in [5.41, 5.74) is 7.97. The van der Waals surface area contributed by atoms with Gasteiger partial charge in [-0.3, -0.25) is 9.59 Å². The minimum absolute atomic E-state index is 0.0775. The predicted octanol–water partition coefficient (Wildman–Crippen LogP) is 2.56. The molecule has 5 nitrogen and oxygen atoms in total. The van der Waals surface area contributed by atoms with E-state index in [2.05, 4.69) is 6.07 Å². The van der Waals surface area contributed by atoms with Crippen LogP contribution in [0.5, 0.6) is 0 Å². The molecule has 0 radical (unpaired) electrons. The molecular formula is C20H19N3O2. The van der Waals surface area contributed by atoms with E-state index in [4.69, 9.17) is 5.73 Å². The number of benzene rings is 2. The first kappa shape index (κ1) is 16.7. The van der Waals surface area contributed by atoms with Gasteiger partial charge >= 0.3 is 0 Å². The average Bonchev–Trinajstić information content (AvgIpc) is 2.67. The van der Waals surface area contributed by atoms with Crippen molar-refractivity contribution < 1.29 is 9.59 Å². The van der Waals surface area contributed by atoms with E-state index in [0.717, 1.165) is 11.1 Å². The highest BCUT2D eigenvalue weighted by Crippen LogP contribution is 2.29. The summed E-state index contributed by atoms with van der Waals surface area (Å²) in [6.45, 7) is 1.03. The minimum atomic E-state index is -0.296. The Bertz CT molecular complexity index is 846. The fraction of sp³-hybridized carbons (Fsp3) is 0.250. The van der Waals surface area contributed by atoms with E-state index in [1.165, 1.54) is 0 Å². The van der Waals surface area contributed by atoms with Crippen LogP contribution in [0.15, 0.2) is 48.5 Å². The summed E-state index contributed by atoms with van der Waals surface area (Å²) in [5, 5.41) is 9.35. The molecule has 126 valence electrons. The molecule has 0 atom stereocenters. The Morgan fingerprint density at radius 1 is 1.00 bits per heavy atom. The summed E-state index contributed by atoms with van der Waals surface area (Å²) in [4.78, 5) is 26.1. The molecule has 1 fully saturated rings. The zero-order chi connectivity index (χ0) is 17.8. The van der Waals surface area contributed by atoms with E-state index in [1.807, 2.05) is 30.3 Å². The SMILES string of the molecule is N#Cc1ccccc1-c1ccccc1C(=O)N1CCC(C(N)=O)CC1. The second kappa shape index (κ2) is 7.18. The van der Waals surface area contributed by atoms with Gasteiger partial charge in [-0.1, -0.05) is 36.4 Å². The summed E-state index contributed by atoms with van der Waals surface area (Å²) >= 11 is 0. The second-order valence-electron chi connectivity index (χ2n) is 6.17. The molecule has 1 aliphatic heterocycles. The maximum absolute atomic E-state index is 13.0. The quantitative estimate of drug-likeness (QED) is 0.936. The molecule has 2 aromatic rings. The summed E-state index contributed by atoms with van der Waals surface area (Å²) in [6.07, 6.45) is 1.19. The maximum Gasteiger partial charge on any atom is 0.254 e.